The molecule has 1 aromatic carbocycles. The van der Waals surface area contributed by atoms with Crippen molar-refractivity contribution in [1.82, 2.24) is 10.6 Å². The van der Waals surface area contributed by atoms with Crippen LogP contribution in [0, 0.1) is 0 Å². The second-order valence-electron chi connectivity index (χ2n) is 6.23. The first kappa shape index (κ1) is 15.5. The maximum Gasteiger partial charge on any atom is 0.221 e. The van der Waals surface area contributed by atoms with E-state index in [2.05, 4.69) is 52.5 Å². The van der Waals surface area contributed by atoms with Crippen molar-refractivity contribution in [2.75, 3.05) is 6.54 Å². The van der Waals surface area contributed by atoms with Crippen LogP contribution in [0.5, 0.6) is 0 Å². The minimum atomic E-state index is -0.219. The number of nitrogens with one attached hydrogen (secondary N) is 2. The summed E-state index contributed by atoms with van der Waals surface area (Å²) in [5.74, 6) is 0.145. The van der Waals surface area contributed by atoms with Gasteiger partial charge < -0.3 is 10.6 Å². The maximum atomic E-state index is 12.1. The number of benzene rings is 1. The van der Waals surface area contributed by atoms with Crippen LogP contribution in [0.2, 0.25) is 0 Å². The molecule has 110 valence electrons. The van der Waals surface area contributed by atoms with Crippen LogP contribution in [0.3, 0.4) is 0 Å². The predicted octanol–water partition coefficient (Wildman–Crippen LogP) is 3.03. The molecule has 0 bridgehead atoms. The van der Waals surface area contributed by atoms with Gasteiger partial charge in [0.05, 0.1) is 0 Å². The largest absolute Gasteiger partial charge is 0.351 e. The van der Waals surface area contributed by atoms with E-state index in [4.69, 9.17) is 0 Å². The third-order valence-corrected chi connectivity index (χ3v) is 4.16. The molecular formula is C16H23BrN2O. The highest BCUT2D eigenvalue weighted by Gasteiger charge is 2.24. The summed E-state index contributed by atoms with van der Waals surface area (Å²) >= 11 is 3.44. The van der Waals surface area contributed by atoms with Crippen molar-refractivity contribution in [1.29, 1.82) is 0 Å². The highest BCUT2D eigenvalue weighted by atomic mass is 79.9. The molecule has 2 rings (SSSR count). The van der Waals surface area contributed by atoms with E-state index in [1.54, 1.807) is 0 Å². The van der Waals surface area contributed by atoms with Gasteiger partial charge in [0.15, 0.2) is 0 Å². The summed E-state index contributed by atoms with van der Waals surface area (Å²) in [7, 11) is 0. The Morgan fingerprint density at radius 3 is 2.70 bits per heavy atom. The van der Waals surface area contributed by atoms with Crippen LogP contribution in [0.25, 0.3) is 0 Å². The molecule has 1 atom stereocenters. The number of halogens is 1. The Labute approximate surface area is 129 Å². The van der Waals surface area contributed by atoms with Crippen molar-refractivity contribution in [3.63, 3.8) is 0 Å². The number of carbonyl (C=O) groups is 1. The Kier molecular flexibility index (Phi) is 5.22. The van der Waals surface area contributed by atoms with Gasteiger partial charge in [-0.1, -0.05) is 28.1 Å². The van der Waals surface area contributed by atoms with Gasteiger partial charge >= 0.3 is 0 Å². The summed E-state index contributed by atoms with van der Waals surface area (Å²) in [4.78, 5) is 12.1. The van der Waals surface area contributed by atoms with Crippen molar-refractivity contribution in [2.24, 2.45) is 0 Å². The molecule has 1 amide bonds. The van der Waals surface area contributed by atoms with Gasteiger partial charge in [0.2, 0.25) is 5.91 Å². The molecule has 0 spiro atoms. The van der Waals surface area contributed by atoms with Gasteiger partial charge in [-0.25, -0.2) is 0 Å². The third-order valence-electron chi connectivity index (χ3n) is 3.63. The van der Waals surface area contributed by atoms with Crippen molar-refractivity contribution < 1.29 is 4.79 Å². The fourth-order valence-corrected chi connectivity index (χ4v) is 3.00. The lowest BCUT2D eigenvalue weighted by Gasteiger charge is -2.27. The molecule has 20 heavy (non-hydrogen) atoms. The van der Waals surface area contributed by atoms with E-state index in [1.165, 1.54) is 12.0 Å². The van der Waals surface area contributed by atoms with Crippen molar-refractivity contribution >= 4 is 21.8 Å². The molecule has 3 nitrogen and oxygen atoms in total. The molecule has 0 radical (unpaired) electrons. The first-order valence-electron chi connectivity index (χ1n) is 7.23. The lowest BCUT2D eigenvalue weighted by atomic mass is 9.94. The van der Waals surface area contributed by atoms with Gasteiger partial charge in [-0.05, 0) is 57.4 Å². The summed E-state index contributed by atoms with van der Waals surface area (Å²) in [6, 6.07) is 8.62. The standard InChI is InChI=1S/C16H23BrN2O/c1-16(2,11-12-5-7-13(17)8-6-12)19-15(20)10-14-4-3-9-18-14/h5-8,14,18H,3-4,9-11H2,1-2H3,(H,19,20). The first-order valence-corrected chi connectivity index (χ1v) is 8.03. The normalized spacial score (nSPS) is 19.1. The average Bonchev–Trinajstić information content (AvgIpc) is 2.83. The monoisotopic (exact) mass is 338 g/mol. The molecule has 1 heterocycles. The molecule has 1 saturated heterocycles. The number of amides is 1. The summed E-state index contributed by atoms with van der Waals surface area (Å²) in [5.41, 5.74) is 1.02. The van der Waals surface area contributed by atoms with E-state index >= 15 is 0 Å². The van der Waals surface area contributed by atoms with Gasteiger partial charge in [-0.3, -0.25) is 4.79 Å². The lowest BCUT2D eigenvalue weighted by molar-refractivity contribution is -0.123. The molecule has 0 aliphatic carbocycles. The SMILES string of the molecule is CC(C)(Cc1ccc(Br)cc1)NC(=O)CC1CCCN1. The van der Waals surface area contributed by atoms with Gasteiger partial charge in [0, 0.05) is 22.5 Å². The second-order valence-corrected chi connectivity index (χ2v) is 7.15. The highest BCUT2D eigenvalue weighted by Crippen LogP contribution is 2.17. The van der Waals surface area contributed by atoms with E-state index in [1.807, 2.05) is 12.1 Å². The number of hydrogen-bond acceptors (Lipinski definition) is 2. The second kappa shape index (κ2) is 6.72. The summed E-state index contributed by atoms with van der Waals surface area (Å²) in [6.45, 7) is 5.20. The molecule has 1 fully saturated rings. The van der Waals surface area contributed by atoms with E-state index in [0.717, 1.165) is 23.9 Å². The molecule has 1 unspecified atom stereocenters. The molecule has 2 N–H and O–H groups in total. The van der Waals surface area contributed by atoms with Crippen LogP contribution in [-0.4, -0.2) is 24.0 Å². The topological polar surface area (TPSA) is 41.1 Å². The summed E-state index contributed by atoms with van der Waals surface area (Å²) < 4.78 is 1.08. The zero-order valence-corrected chi connectivity index (χ0v) is 13.8. The lowest BCUT2D eigenvalue weighted by Crippen LogP contribution is -2.46. The van der Waals surface area contributed by atoms with Crippen LogP contribution in [0.4, 0.5) is 0 Å². The van der Waals surface area contributed by atoms with Gasteiger partial charge in [-0.15, -0.1) is 0 Å². The zero-order chi connectivity index (χ0) is 14.6. The smallest absolute Gasteiger partial charge is 0.221 e. The van der Waals surface area contributed by atoms with E-state index in [9.17, 15) is 4.79 Å². The minimum absolute atomic E-state index is 0.145. The number of carbonyl (C=O) groups excluding carboxylic acids is 1. The Balaban J connectivity index is 1.85. The fraction of sp³-hybridized carbons (Fsp3) is 0.562. The Bertz CT molecular complexity index is 450. The molecule has 1 aromatic rings. The number of hydrogen-bond donors (Lipinski definition) is 2. The van der Waals surface area contributed by atoms with Crippen molar-refractivity contribution in [2.45, 2.75) is 51.1 Å². The summed E-state index contributed by atoms with van der Waals surface area (Å²) in [5, 5.41) is 6.52. The summed E-state index contributed by atoms with van der Waals surface area (Å²) in [6.07, 6.45) is 3.72. The minimum Gasteiger partial charge on any atom is -0.351 e. The van der Waals surface area contributed by atoms with E-state index in [0.29, 0.717) is 12.5 Å². The predicted molar refractivity (Wildman–Crippen MR) is 85.7 cm³/mol. The molecule has 0 saturated carbocycles. The Hall–Kier alpha value is -0.870. The Morgan fingerprint density at radius 1 is 1.40 bits per heavy atom. The van der Waals surface area contributed by atoms with Crippen molar-refractivity contribution in [3.8, 4) is 0 Å². The van der Waals surface area contributed by atoms with Crippen LogP contribution >= 0.6 is 15.9 Å². The molecular weight excluding hydrogens is 316 g/mol. The quantitative estimate of drug-likeness (QED) is 0.866. The van der Waals surface area contributed by atoms with Crippen molar-refractivity contribution in [3.05, 3.63) is 34.3 Å². The van der Waals surface area contributed by atoms with E-state index < -0.39 is 0 Å². The number of rotatable bonds is 5. The van der Waals surface area contributed by atoms with Crippen LogP contribution in [0.1, 0.15) is 38.7 Å². The molecule has 1 aliphatic heterocycles. The van der Waals surface area contributed by atoms with Gasteiger partial charge in [0.1, 0.15) is 0 Å². The highest BCUT2D eigenvalue weighted by molar-refractivity contribution is 9.10. The van der Waals surface area contributed by atoms with Crippen LogP contribution in [0.15, 0.2) is 28.7 Å². The maximum absolute atomic E-state index is 12.1. The van der Waals surface area contributed by atoms with Gasteiger partial charge in [0.25, 0.3) is 0 Å². The van der Waals surface area contributed by atoms with Gasteiger partial charge in [-0.2, -0.15) is 0 Å². The molecule has 0 aromatic heterocycles. The van der Waals surface area contributed by atoms with E-state index in [-0.39, 0.29) is 11.4 Å². The first-order chi connectivity index (χ1) is 9.44. The zero-order valence-electron chi connectivity index (χ0n) is 12.2. The molecule has 4 heteroatoms. The fourth-order valence-electron chi connectivity index (χ4n) is 2.74. The Morgan fingerprint density at radius 2 is 2.10 bits per heavy atom. The van der Waals surface area contributed by atoms with Crippen LogP contribution in [-0.2, 0) is 11.2 Å². The molecule has 1 aliphatic rings. The third kappa shape index (κ3) is 4.91. The average molecular weight is 339 g/mol. The van der Waals surface area contributed by atoms with Crippen LogP contribution < -0.4 is 10.6 Å².